The summed E-state index contributed by atoms with van der Waals surface area (Å²) in [6.07, 6.45) is -1.29. The van der Waals surface area contributed by atoms with Crippen LogP contribution in [-0.2, 0) is 10.7 Å². The van der Waals surface area contributed by atoms with Gasteiger partial charge in [-0.05, 0) is 25.5 Å². The fourth-order valence-corrected chi connectivity index (χ4v) is 1.93. The van der Waals surface area contributed by atoms with E-state index in [4.69, 9.17) is 16.7 Å². The number of halogens is 3. The van der Waals surface area contributed by atoms with Crippen molar-refractivity contribution in [3.8, 4) is 0 Å². The number of carboxylic acids is 1. The number of hydrogen-bond acceptors (Lipinski definition) is 2. The Morgan fingerprint density at radius 2 is 2.12 bits per heavy atom. The van der Waals surface area contributed by atoms with Crippen LogP contribution in [0.2, 0.25) is 5.15 Å². The normalized spacial score (nSPS) is 11.6. The summed E-state index contributed by atoms with van der Waals surface area (Å²) in [4.78, 5) is 14.0. The summed E-state index contributed by atoms with van der Waals surface area (Å²) in [5, 5.41) is 8.06. The van der Waals surface area contributed by atoms with Crippen molar-refractivity contribution >= 4 is 17.6 Å². The molecule has 0 saturated heterocycles. The topological polar surface area (TPSA) is 50.2 Å². The number of aryl methyl sites for hydroxylation is 2. The van der Waals surface area contributed by atoms with Crippen molar-refractivity contribution in [2.45, 2.75) is 26.2 Å². The number of hydrogen-bond donors (Lipinski definition) is 1. The van der Waals surface area contributed by atoms with E-state index >= 15 is 0 Å². The minimum atomic E-state index is -3.51. The third-order valence-electron chi connectivity index (χ3n) is 2.04. The lowest BCUT2D eigenvalue weighted by Crippen LogP contribution is -2.21. The molecule has 0 aliphatic carbocycles. The first kappa shape index (κ1) is 12.8. The minimum absolute atomic E-state index is 0.240. The summed E-state index contributed by atoms with van der Waals surface area (Å²) in [5.74, 6) is -5.09. The Morgan fingerprint density at radius 3 is 2.56 bits per heavy atom. The minimum Gasteiger partial charge on any atom is -0.481 e. The largest absolute Gasteiger partial charge is 0.481 e. The van der Waals surface area contributed by atoms with E-state index in [9.17, 15) is 13.6 Å². The van der Waals surface area contributed by atoms with Crippen molar-refractivity contribution in [2.24, 2.45) is 0 Å². The second-order valence-corrected chi connectivity index (χ2v) is 3.88. The van der Waals surface area contributed by atoms with Gasteiger partial charge in [-0.15, -0.1) is 0 Å². The monoisotopic (exact) mass is 249 g/mol. The summed E-state index contributed by atoms with van der Waals surface area (Å²) in [6.45, 7) is 3.07. The first-order chi connectivity index (χ1) is 7.24. The highest BCUT2D eigenvalue weighted by Gasteiger charge is 2.38. The van der Waals surface area contributed by atoms with Crippen LogP contribution in [0.4, 0.5) is 8.78 Å². The number of rotatable bonds is 3. The van der Waals surface area contributed by atoms with E-state index in [-0.39, 0.29) is 10.7 Å². The van der Waals surface area contributed by atoms with Crippen LogP contribution in [0.25, 0.3) is 0 Å². The van der Waals surface area contributed by atoms with Gasteiger partial charge >= 0.3 is 5.97 Å². The molecule has 1 N–H and O–H groups in total. The van der Waals surface area contributed by atoms with Crippen molar-refractivity contribution in [1.82, 2.24) is 4.98 Å². The van der Waals surface area contributed by atoms with Crippen LogP contribution in [-0.4, -0.2) is 16.1 Å². The van der Waals surface area contributed by atoms with E-state index < -0.39 is 23.9 Å². The highest BCUT2D eigenvalue weighted by Crippen LogP contribution is 2.37. The SMILES string of the molecule is Cc1cc(C)c(C(F)(F)CC(=O)O)c(Cl)n1. The molecule has 0 atom stereocenters. The third kappa shape index (κ3) is 2.66. The van der Waals surface area contributed by atoms with Crippen molar-refractivity contribution in [2.75, 3.05) is 0 Å². The molecule has 0 bridgehead atoms. The summed E-state index contributed by atoms with van der Waals surface area (Å²) < 4.78 is 27.1. The van der Waals surface area contributed by atoms with E-state index in [2.05, 4.69) is 4.98 Å². The zero-order chi connectivity index (χ0) is 12.5. The molecular weight excluding hydrogens is 240 g/mol. The molecule has 0 unspecified atom stereocenters. The molecule has 88 valence electrons. The van der Waals surface area contributed by atoms with Gasteiger partial charge in [-0.3, -0.25) is 4.79 Å². The number of nitrogens with zero attached hydrogens (tertiary/aromatic N) is 1. The average Bonchev–Trinajstić information content (AvgIpc) is 1.96. The molecule has 0 fully saturated rings. The van der Waals surface area contributed by atoms with E-state index in [0.717, 1.165) is 0 Å². The number of pyridine rings is 1. The van der Waals surface area contributed by atoms with E-state index in [1.54, 1.807) is 6.92 Å². The lowest BCUT2D eigenvalue weighted by atomic mass is 10.0. The second-order valence-electron chi connectivity index (χ2n) is 3.52. The maximum Gasteiger partial charge on any atom is 0.309 e. The number of aliphatic carboxylic acids is 1. The molecular formula is C10H10ClF2NO2. The quantitative estimate of drug-likeness (QED) is 0.838. The molecule has 3 nitrogen and oxygen atoms in total. The zero-order valence-electron chi connectivity index (χ0n) is 8.72. The molecule has 1 rings (SSSR count). The molecule has 1 aromatic rings. The van der Waals surface area contributed by atoms with Crippen molar-refractivity contribution < 1.29 is 18.7 Å². The summed E-state index contributed by atoms with van der Waals surface area (Å²) >= 11 is 5.62. The van der Waals surface area contributed by atoms with Crippen molar-refractivity contribution in [3.05, 3.63) is 28.0 Å². The third-order valence-corrected chi connectivity index (χ3v) is 2.31. The number of aromatic nitrogens is 1. The highest BCUT2D eigenvalue weighted by molar-refractivity contribution is 6.30. The van der Waals surface area contributed by atoms with Gasteiger partial charge in [0.05, 0.1) is 5.56 Å². The predicted octanol–water partition coefficient (Wildman–Crippen LogP) is 2.92. The Labute approximate surface area is 96.1 Å². The lowest BCUT2D eigenvalue weighted by Gasteiger charge is -2.18. The van der Waals surface area contributed by atoms with Gasteiger partial charge in [0.25, 0.3) is 5.92 Å². The zero-order valence-corrected chi connectivity index (χ0v) is 9.48. The van der Waals surface area contributed by atoms with Crippen LogP contribution in [0.5, 0.6) is 0 Å². The standard InChI is InChI=1S/C10H10ClF2NO2/c1-5-3-6(2)14-9(11)8(5)10(12,13)4-7(15)16/h3H,4H2,1-2H3,(H,15,16). The molecule has 0 radical (unpaired) electrons. The van der Waals surface area contributed by atoms with Crippen LogP contribution in [0.15, 0.2) is 6.07 Å². The van der Waals surface area contributed by atoms with Gasteiger partial charge in [0, 0.05) is 5.69 Å². The van der Waals surface area contributed by atoms with Gasteiger partial charge in [-0.25, -0.2) is 13.8 Å². The van der Waals surface area contributed by atoms with E-state index in [1.165, 1.54) is 13.0 Å². The Morgan fingerprint density at radius 1 is 1.56 bits per heavy atom. The van der Waals surface area contributed by atoms with Gasteiger partial charge in [0.15, 0.2) is 0 Å². The smallest absolute Gasteiger partial charge is 0.309 e. The van der Waals surface area contributed by atoms with E-state index in [0.29, 0.717) is 5.69 Å². The van der Waals surface area contributed by atoms with Gasteiger partial charge in [0.2, 0.25) is 0 Å². The molecule has 0 saturated carbocycles. The molecule has 0 aromatic carbocycles. The second kappa shape index (κ2) is 4.33. The maximum absolute atomic E-state index is 13.6. The van der Waals surface area contributed by atoms with Crippen LogP contribution in [0.3, 0.4) is 0 Å². The average molecular weight is 250 g/mol. The van der Waals surface area contributed by atoms with Crippen LogP contribution in [0.1, 0.15) is 23.2 Å². The summed E-state index contributed by atoms with van der Waals surface area (Å²) in [6, 6.07) is 1.44. The Balaban J connectivity index is 3.27. The fraction of sp³-hybridized carbons (Fsp3) is 0.400. The Hall–Kier alpha value is -1.23. The van der Waals surface area contributed by atoms with Gasteiger partial charge < -0.3 is 5.11 Å². The maximum atomic E-state index is 13.6. The molecule has 16 heavy (non-hydrogen) atoms. The molecule has 0 aliphatic heterocycles. The number of alkyl halides is 2. The Bertz CT molecular complexity index is 412. The molecule has 0 amide bonds. The number of carbonyl (C=O) groups is 1. The molecule has 0 aliphatic rings. The summed E-state index contributed by atoms with van der Waals surface area (Å²) in [5.41, 5.74) is 0.239. The van der Waals surface area contributed by atoms with Gasteiger partial charge in [0.1, 0.15) is 11.6 Å². The van der Waals surface area contributed by atoms with Gasteiger partial charge in [-0.1, -0.05) is 11.6 Å². The Kier molecular flexibility index (Phi) is 3.48. The first-order valence-corrected chi connectivity index (χ1v) is 4.85. The molecule has 1 aromatic heterocycles. The number of carboxylic acid groups (broad SMARTS) is 1. The van der Waals surface area contributed by atoms with Crippen LogP contribution in [0, 0.1) is 13.8 Å². The molecule has 0 spiro atoms. The first-order valence-electron chi connectivity index (χ1n) is 4.48. The van der Waals surface area contributed by atoms with Gasteiger partial charge in [-0.2, -0.15) is 0 Å². The van der Waals surface area contributed by atoms with Crippen molar-refractivity contribution in [3.63, 3.8) is 0 Å². The summed E-state index contributed by atoms with van der Waals surface area (Å²) in [7, 11) is 0. The predicted molar refractivity (Wildman–Crippen MR) is 54.9 cm³/mol. The van der Waals surface area contributed by atoms with Crippen LogP contribution < -0.4 is 0 Å². The highest BCUT2D eigenvalue weighted by atomic mass is 35.5. The van der Waals surface area contributed by atoms with Crippen LogP contribution >= 0.6 is 11.6 Å². The molecule has 6 heteroatoms. The van der Waals surface area contributed by atoms with E-state index in [1.807, 2.05) is 0 Å². The lowest BCUT2D eigenvalue weighted by molar-refractivity contribution is -0.145. The van der Waals surface area contributed by atoms with Crippen molar-refractivity contribution in [1.29, 1.82) is 0 Å². The molecule has 1 heterocycles. The fourth-order valence-electron chi connectivity index (χ4n) is 1.51.